The van der Waals surface area contributed by atoms with Gasteiger partial charge in [0.25, 0.3) is 0 Å². The van der Waals surface area contributed by atoms with Crippen molar-refractivity contribution in [3.8, 4) is 0 Å². The molecule has 0 aliphatic carbocycles. The fourth-order valence-corrected chi connectivity index (χ4v) is 3.00. The first kappa shape index (κ1) is 15.1. The Morgan fingerprint density at radius 2 is 1.84 bits per heavy atom. The second-order valence-corrected chi connectivity index (χ2v) is 6.17. The molecule has 0 aromatic heterocycles. The summed E-state index contributed by atoms with van der Waals surface area (Å²) in [6.07, 6.45) is 0.757. The SMILES string of the molecule is NNC(Cc1ccc(Cl)c(Cl)c1)c1ccccc1I. The van der Waals surface area contributed by atoms with Crippen LogP contribution in [0, 0.1) is 3.57 Å². The molecule has 19 heavy (non-hydrogen) atoms. The molecule has 0 spiro atoms. The largest absolute Gasteiger partial charge is 0.271 e. The number of benzene rings is 2. The predicted octanol–water partition coefficient (Wildman–Crippen LogP) is 4.35. The highest BCUT2D eigenvalue weighted by molar-refractivity contribution is 14.1. The lowest BCUT2D eigenvalue weighted by Crippen LogP contribution is -2.30. The highest BCUT2D eigenvalue weighted by Crippen LogP contribution is 2.27. The molecule has 2 nitrogen and oxygen atoms in total. The van der Waals surface area contributed by atoms with Crippen LogP contribution < -0.4 is 11.3 Å². The number of hydrazine groups is 1. The topological polar surface area (TPSA) is 38.0 Å². The molecule has 2 aromatic rings. The van der Waals surface area contributed by atoms with Crippen molar-refractivity contribution in [2.75, 3.05) is 0 Å². The standard InChI is InChI=1S/C14H13Cl2IN2/c15-11-6-5-9(7-12(11)16)8-14(19-18)10-3-1-2-4-13(10)17/h1-7,14,19H,8,18H2. The Morgan fingerprint density at radius 3 is 2.47 bits per heavy atom. The first-order chi connectivity index (χ1) is 9.11. The number of nitrogens with one attached hydrogen (secondary N) is 1. The maximum absolute atomic E-state index is 6.03. The molecule has 3 N–H and O–H groups in total. The van der Waals surface area contributed by atoms with Crippen LogP contribution in [0.1, 0.15) is 17.2 Å². The Hall–Kier alpha value is -0.330. The van der Waals surface area contributed by atoms with Crippen LogP contribution in [0.15, 0.2) is 42.5 Å². The molecule has 100 valence electrons. The molecule has 0 heterocycles. The zero-order valence-corrected chi connectivity index (χ0v) is 13.7. The lowest BCUT2D eigenvalue weighted by atomic mass is 9.99. The maximum atomic E-state index is 6.03. The van der Waals surface area contributed by atoms with Crippen molar-refractivity contribution in [3.05, 3.63) is 67.2 Å². The molecule has 1 atom stereocenters. The molecule has 0 saturated heterocycles. The van der Waals surface area contributed by atoms with Gasteiger partial charge in [-0.2, -0.15) is 0 Å². The first-order valence-corrected chi connectivity index (χ1v) is 7.59. The van der Waals surface area contributed by atoms with Crippen LogP contribution in [0.5, 0.6) is 0 Å². The van der Waals surface area contributed by atoms with Crippen molar-refractivity contribution in [3.63, 3.8) is 0 Å². The summed E-state index contributed by atoms with van der Waals surface area (Å²) in [6.45, 7) is 0. The van der Waals surface area contributed by atoms with E-state index in [4.69, 9.17) is 29.0 Å². The molecule has 2 aromatic carbocycles. The lowest BCUT2D eigenvalue weighted by Gasteiger charge is -2.18. The van der Waals surface area contributed by atoms with Crippen LogP contribution in [0.4, 0.5) is 0 Å². The Kier molecular flexibility index (Phi) is 5.47. The monoisotopic (exact) mass is 406 g/mol. The van der Waals surface area contributed by atoms with Gasteiger partial charge in [-0.05, 0) is 58.3 Å². The minimum atomic E-state index is 0.0466. The minimum Gasteiger partial charge on any atom is -0.271 e. The fourth-order valence-electron chi connectivity index (χ4n) is 1.92. The van der Waals surface area contributed by atoms with Crippen molar-refractivity contribution in [1.29, 1.82) is 0 Å². The minimum absolute atomic E-state index is 0.0466. The highest BCUT2D eigenvalue weighted by Gasteiger charge is 2.13. The van der Waals surface area contributed by atoms with E-state index in [1.807, 2.05) is 30.3 Å². The average Bonchev–Trinajstić information content (AvgIpc) is 2.41. The van der Waals surface area contributed by atoms with Gasteiger partial charge in [-0.25, -0.2) is 0 Å². The van der Waals surface area contributed by atoms with E-state index in [0.29, 0.717) is 10.0 Å². The van der Waals surface area contributed by atoms with Crippen LogP contribution in [0.25, 0.3) is 0 Å². The van der Waals surface area contributed by atoms with Crippen molar-refractivity contribution < 1.29 is 0 Å². The number of nitrogens with two attached hydrogens (primary N) is 1. The van der Waals surface area contributed by atoms with Gasteiger partial charge in [0.05, 0.1) is 16.1 Å². The van der Waals surface area contributed by atoms with E-state index in [1.165, 1.54) is 9.13 Å². The van der Waals surface area contributed by atoms with Gasteiger partial charge in [-0.1, -0.05) is 47.5 Å². The summed E-state index contributed by atoms with van der Waals surface area (Å²) in [5.74, 6) is 5.68. The summed E-state index contributed by atoms with van der Waals surface area (Å²) in [7, 11) is 0. The molecular weight excluding hydrogens is 394 g/mol. The Morgan fingerprint density at radius 1 is 1.11 bits per heavy atom. The Bertz CT molecular complexity index is 575. The summed E-state index contributed by atoms with van der Waals surface area (Å²) < 4.78 is 1.18. The second-order valence-electron chi connectivity index (χ2n) is 4.19. The summed E-state index contributed by atoms with van der Waals surface area (Å²) in [5, 5.41) is 1.13. The Labute approximate surface area is 136 Å². The molecule has 0 saturated carbocycles. The molecule has 0 fully saturated rings. The Balaban J connectivity index is 2.24. The van der Waals surface area contributed by atoms with Crippen molar-refractivity contribution in [2.45, 2.75) is 12.5 Å². The van der Waals surface area contributed by atoms with Gasteiger partial charge >= 0.3 is 0 Å². The van der Waals surface area contributed by atoms with E-state index in [-0.39, 0.29) is 6.04 Å². The molecule has 0 aliphatic heterocycles. The van der Waals surface area contributed by atoms with Crippen molar-refractivity contribution >= 4 is 45.8 Å². The molecular formula is C14H13Cl2IN2. The third-order valence-electron chi connectivity index (χ3n) is 2.91. The van der Waals surface area contributed by atoms with Gasteiger partial charge in [0.15, 0.2) is 0 Å². The van der Waals surface area contributed by atoms with Crippen LogP contribution in [0.2, 0.25) is 10.0 Å². The summed E-state index contributed by atoms with van der Waals surface area (Å²) in [5.41, 5.74) is 5.13. The van der Waals surface area contributed by atoms with E-state index >= 15 is 0 Å². The molecule has 1 unspecified atom stereocenters. The highest BCUT2D eigenvalue weighted by atomic mass is 127. The van der Waals surface area contributed by atoms with E-state index in [2.05, 4.69) is 40.1 Å². The van der Waals surface area contributed by atoms with Gasteiger partial charge < -0.3 is 0 Å². The van der Waals surface area contributed by atoms with Gasteiger partial charge in [0, 0.05) is 3.57 Å². The van der Waals surface area contributed by atoms with Crippen LogP contribution in [-0.4, -0.2) is 0 Å². The number of halogens is 3. The third kappa shape index (κ3) is 3.83. The quantitative estimate of drug-likeness (QED) is 0.450. The zero-order chi connectivity index (χ0) is 13.8. The summed E-state index contributed by atoms with van der Waals surface area (Å²) in [4.78, 5) is 0. The van der Waals surface area contributed by atoms with E-state index in [1.54, 1.807) is 0 Å². The van der Waals surface area contributed by atoms with Gasteiger partial charge in [-0.3, -0.25) is 11.3 Å². The van der Waals surface area contributed by atoms with Crippen LogP contribution in [-0.2, 0) is 6.42 Å². The number of rotatable bonds is 4. The third-order valence-corrected chi connectivity index (χ3v) is 4.63. The fraction of sp³-hybridized carbons (Fsp3) is 0.143. The smallest absolute Gasteiger partial charge is 0.0595 e. The van der Waals surface area contributed by atoms with E-state index in [0.717, 1.165) is 12.0 Å². The molecule has 0 aliphatic rings. The van der Waals surface area contributed by atoms with Gasteiger partial charge in [-0.15, -0.1) is 0 Å². The lowest BCUT2D eigenvalue weighted by molar-refractivity contribution is 0.550. The zero-order valence-electron chi connectivity index (χ0n) is 10.0. The molecule has 5 heteroatoms. The van der Waals surface area contributed by atoms with Crippen molar-refractivity contribution in [1.82, 2.24) is 5.43 Å². The van der Waals surface area contributed by atoms with E-state index < -0.39 is 0 Å². The first-order valence-electron chi connectivity index (χ1n) is 5.76. The van der Waals surface area contributed by atoms with Gasteiger partial charge in [0.1, 0.15) is 0 Å². The predicted molar refractivity (Wildman–Crippen MR) is 89.4 cm³/mol. The molecule has 2 rings (SSSR count). The second kappa shape index (κ2) is 6.90. The van der Waals surface area contributed by atoms with Crippen molar-refractivity contribution in [2.24, 2.45) is 5.84 Å². The number of hydrogen-bond donors (Lipinski definition) is 2. The maximum Gasteiger partial charge on any atom is 0.0595 e. The van der Waals surface area contributed by atoms with E-state index in [9.17, 15) is 0 Å². The average molecular weight is 407 g/mol. The molecule has 0 bridgehead atoms. The van der Waals surface area contributed by atoms with Crippen LogP contribution in [0.3, 0.4) is 0 Å². The van der Waals surface area contributed by atoms with Crippen LogP contribution >= 0.6 is 45.8 Å². The van der Waals surface area contributed by atoms with Gasteiger partial charge in [0.2, 0.25) is 0 Å². The summed E-state index contributed by atoms with van der Waals surface area (Å²) >= 11 is 14.3. The normalized spacial score (nSPS) is 12.4. The molecule has 0 amide bonds. The molecule has 0 radical (unpaired) electrons. The summed E-state index contributed by atoms with van der Waals surface area (Å²) in [6, 6.07) is 13.9. The number of hydrogen-bond acceptors (Lipinski definition) is 2.